The van der Waals surface area contributed by atoms with Gasteiger partial charge in [0.25, 0.3) is 0 Å². The maximum Gasteiger partial charge on any atom is 0.0624 e. The van der Waals surface area contributed by atoms with E-state index in [1.54, 1.807) is 0 Å². The fourth-order valence-corrected chi connectivity index (χ4v) is 3.24. The Morgan fingerprint density at radius 2 is 2.11 bits per heavy atom. The summed E-state index contributed by atoms with van der Waals surface area (Å²) in [4.78, 5) is 0. The van der Waals surface area contributed by atoms with Crippen LogP contribution in [0.3, 0.4) is 0 Å². The van der Waals surface area contributed by atoms with Crippen LogP contribution in [0.1, 0.15) is 64.3 Å². The fraction of sp³-hybridized carbons (Fsp3) is 0.812. The van der Waals surface area contributed by atoms with Crippen LogP contribution < -0.4 is 5.32 Å². The predicted molar refractivity (Wildman–Crippen MR) is 80.5 cm³/mol. The monoisotopic (exact) mass is 263 g/mol. The first-order valence-corrected chi connectivity index (χ1v) is 8.03. The van der Waals surface area contributed by atoms with Crippen molar-refractivity contribution in [1.29, 1.82) is 0 Å². The zero-order valence-electron chi connectivity index (χ0n) is 12.8. The summed E-state index contributed by atoms with van der Waals surface area (Å²) in [6, 6.07) is 2.31. The topological polar surface area (TPSA) is 29.9 Å². The van der Waals surface area contributed by atoms with Crippen molar-refractivity contribution < 1.29 is 0 Å². The zero-order valence-corrected chi connectivity index (χ0v) is 12.8. The van der Waals surface area contributed by atoms with Gasteiger partial charge in [-0.15, -0.1) is 0 Å². The Morgan fingerprint density at radius 1 is 1.26 bits per heavy atom. The lowest BCUT2D eigenvalue weighted by molar-refractivity contribution is 0.295. The molecule has 3 heteroatoms. The van der Waals surface area contributed by atoms with Crippen LogP contribution in [-0.2, 0) is 19.4 Å². The second kappa shape index (κ2) is 6.56. The van der Waals surface area contributed by atoms with Gasteiger partial charge in [-0.2, -0.15) is 5.10 Å². The summed E-state index contributed by atoms with van der Waals surface area (Å²) in [6.07, 6.45) is 8.75. The first-order chi connectivity index (χ1) is 9.23. The smallest absolute Gasteiger partial charge is 0.0624 e. The van der Waals surface area contributed by atoms with Crippen LogP contribution in [0.4, 0.5) is 0 Å². The van der Waals surface area contributed by atoms with Crippen LogP contribution in [0, 0.1) is 0 Å². The molecule has 0 amide bonds. The number of nitrogens with zero attached hydrogens (tertiary/aromatic N) is 2. The van der Waals surface area contributed by atoms with E-state index in [0.29, 0.717) is 5.54 Å². The molecule has 0 radical (unpaired) electrons. The van der Waals surface area contributed by atoms with Gasteiger partial charge in [0.15, 0.2) is 0 Å². The average molecular weight is 263 g/mol. The molecular weight excluding hydrogens is 234 g/mol. The summed E-state index contributed by atoms with van der Waals surface area (Å²) in [7, 11) is 0. The van der Waals surface area contributed by atoms with E-state index < -0.39 is 0 Å². The summed E-state index contributed by atoms with van der Waals surface area (Å²) in [5.74, 6) is 0. The molecule has 1 aliphatic rings. The van der Waals surface area contributed by atoms with Crippen molar-refractivity contribution >= 4 is 0 Å². The van der Waals surface area contributed by atoms with Crippen molar-refractivity contribution in [3.63, 3.8) is 0 Å². The van der Waals surface area contributed by atoms with Gasteiger partial charge >= 0.3 is 0 Å². The van der Waals surface area contributed by atoms with Crippen LogP contribution in [0.2, 0.25) is 0 Å². The minimum atomic E-state index is 0.300. The van der Waals surface area contributed by atoms with E-state index in [1.807, 2.05) is 0 Å². The molecule has 1 fully saturated rings. The van der Waals surface area contributed by atoms with E-state index >= 15 is 0 Å². The first kappa shape index (κ1) is 14.6. The highest BCUT2D eigenvalue weighted by atomic mass is 15.3. The van der Waals surface area contributed by atoms with Gasteiger partial charge in [0, 0.05) is 24.2 Å². The van der Waals surface area contributed by atoms with Crippen molar-refractivity contribution in [1.82, 2.24) is 15.1 Å². The van der Waals surface area contributed by atoms with Gasteiger partial charge in [0.2, 0.25) is 0 Å². The van der Waals surface area contributed by atoms with E-state index in [9.17, 15) is 0 Å². The Balaban J connectivity index is 2.18. The van der Waals surface area contributed by atoms with Gasteiger partial charge in [-0.25, -0.2) is 0 Å². The second-order valence-electron chi connectivity index (χ2n) is 5.84. The molecule has 0 aliphatic carbocycles. The molecule has 1 aromatic rings. The van der Waals surface area contributed by atoms with Crippen LogP contribution >= 0.6 is 0 Å². The molecule has 1 aliphatic heterocycles. The highest BCUT2D eigenvalue weighted by molar-refractivity contribution is 5.14. The minimum absolute atomic E-state index is 0.300. The molecule has 1 unspecified atom stereocenters. The molecule has 0 saturated carbocycles. The van der Waals surface area contributed by atoms with Gasteiger partial charge in [0.05, 0.1) is 5.69 Å². The standard InChI is InChI=1S/C16H29N3/c1-4-14-12-15(19(6-3)18-14)13-16(5-2)10-8-7-9-11-17-16/h12,17H,4-11,13H2,1-3H3. The van der Waals surface area contributed by atoms with Crippen LogP contribution in [0.15, 0.2) is 6.07 Å². The summed E-state index contributed by atoms with van der Waals surface area (Å²) in [6.45, 7) is 8.86. The van der Waals surface area contributed by atoms with Gasteiger partial charge in [0.1, 0.15) is 0 Å². The Bertz CT molecular complexity index is 387. The number of nitrogens with one attached hydrogen (secondary N) is 1. The van der Waals surface area contributed by atoms with E-state index in [4.69, 9.17) is 5.10 Å². The fourth-order valence-electron chi connectivity index (χ4n) is 3.24. The molecule has 0 aromatic carbocycles. The summed E-state index contributed by atoms with van der Waals surface area (Å²) < 4.78 is 2.20. The van der Waals surface area contributed by atoms with Crippen molar-refractivity contribution in [3.8, 4) is 0 Å². The Morgan fingerprint density at radius 3 is 2.79 bits per heavy atom. The lowest BCUT2D eigenvalue weighted by Crippen LogP contribution is -2.46. The second-order valence-corrected chi connectivity index (χ2v) is 5.84. The van der Waals surface area contributed by atoms with E-state index in [2.05, 4.69) is 36.8 Å². The van der Waals surface area contributed by atoms with Gasteiger partial charge in [-0.3, -0.25) is 4.68 Å². The van der Waals surface area contributed by atoms with Crippen molar-refractivity contribution in [2.75, 3.05) is 6.54 Å². The Kier molecular flexibility index (Phi) is 5.03. The van der Waals surface area contributed by atoms with Crippen molar-refractivity contribution in [2.24, 2.45) is 0 Å². The minimum Gasteiger partial charge on any atom is -0.311 e. The maximum absolute atomic E-state index is 4.69. The molecule has 2 heterocycles. The Hall–Kier alpha value is -0.830. The van der Waals surface area contributed by atoms with Crippen molar-refractivity contribution in [2.45, 2.75) is 77.8 Å². The number of hydrogen-bond donors (Lipinski definition) is 1. The van der Waals surface area contributed by atoms with Gasteiger partial charge in [-0.05, 0) is 45.2 Å². The van der Waals surface area contributed by atoms with Crippen molar-refractivity contribution in [3.05, 3.63) is 17.5 Å². The van der Waals surface area contributed by atoms with E-state index in [1.165, 1.54) is 50.0 Å². The molecule has 19 heavy (non-hydrogen) atoms. The van der Waals surface area contributed by atoms with Crippen LogP contribution in [-0.4, -0.2) is 21.9 Å². The number of rotatable bonds is 5. The highest BCUT2D eigenvalue weighted by Crippen LogP contribution is 2.27. The number of hydrogen-bond acceptors (Lipinski definition) is 2. The third kappa shape index (κ3) is 3.38. The first-order valence-electron chi connectivity index (χ1n) is 8.03. The molecule has 0 bridgehead atoms. The Labute approximate surface area is 117 Å². The van der Waals surface area contributed by atoms with Crippen LogP contribution in [0.25, 0.3) is 0 Å². The van der Waals surface area contributed by atoms with E-state index in [-0.39, 0.29) is 0 Å². The zero-order chi connectivity index (χ0) is 13.7. The molecule has 3 nitrogen and oxygen atoms in total. The lowest BCUT2D eigenvalue weighted by atomic mass is 9.86. The predicted octanol–water partition coefficient (Wildman–Crippen LogP) is 3.32. The highest BCUT2D eigenvalue weighted by Gasteiger charge is 2.30. The molecule has 1 atom stereocenters. The quantitative estimate of drug-likeness (QED) is 0.883. The van der Waals surface area contributed by atoms with E-state index in [0.717, 1.165) is 19.4 Å². The molecule has 1 saturated heterocycles. The molecule has 2 rings (SSSR count). The molecule has 108 valence electrons. The largest absolute Gasteiger partial charge is 0.311 e. The maximum atomic E-state index is 4.69. The molecule has 1 N–H and O–H groups in total. The third-order valence-corrected chi connectivity index (χ3v) is 4.60. The summed E-state index contributed by atoms with van der Waals surface area (Å²) in [5, 5.41) is 8.52. The normalized spacial score (nSPS) is 24.4. The third-order valence-electron chi connectivity index (χ3n) is 4.60. The lowest BCUT2D eigenvalue weighted by Gasteiger charge is -2.33. The van der Waals surface area contributed by atoms with Gasteiger partial charge < -0.3 is 5.32 Å². The number of aryl methyl sites for hydroxylation is 2. The molecule has 0 spiro atoms. The SMILES string of the molecule is CCc1cc(CC2(CC)CCCCCN2)n(CC)n1. The molecular formula is C16H29N3. The average Bonchev–Trinajstić information content (AvgIpc) is 2.68. The molecule has 1 aromatic heterocycles. The van der Waals surface area contributed by atoms with Crippen LogP contribution in [0.5, 0.6) is 0 Å². The summed E-state index contributed by atoms with van der Waals surface area (Å²) in [5.41, 5.74) is 2.95. The van der Waals surface area contributed by atoms with Gasteiger partial charge in [-0.1, -0.05) is 26.7 Å². The number of aromatic nitrogens is 2. The summed E-state index contributed by atoms with van der Waals surface area (Å²) >= 11 is 0.